The van der Waals surface area contributed by atoms with Crippen molar-refractivity contribution in [3.8, 4) is 5.69 Å². The summed E-state index contributed by atoms with van der Waals surface area (Å²) in [6.45, 7) is 8.17. The van der Waals surface area contributed by atoms with Gasteiger partial charge in [-0.05, 0) is 31.0 Å². The highest BCUT2D eigenvalue weighted by molar-refractivity contribution is 7.99. The van der Waals surface area contributed by atoms with Crippen molar-refractivity contribution < 1.29 is 4.79 Å². The molecule has 0 bridgehead atoms. The number of hydrogen-bond donors (Lipinski definition) is 1. The molecule has 3 aromatic rings. The van der Waals surface area contributed by atoms with Gasteiger partial charge in [0.1, 0.15) is 5.82 Å². The summed E-state index contributed by atoms with van der Waals surface area (Å²) in [5.41, 5.74) is 1.72. The Balaban J connectivity index is 1.52. The van der Waals surface area contributed by atoms with Gasteiger partial charge in [-0.2, -0.15) is 5.10 Å². The topological polar surface area (TPSA) is 80.9 Å². The van der Waals surface area contributed by atoms with Crippen molar-refractivity contribution in [2.24, 2.45) is 7.05 Å². The number of thioether (sulfide) groups is 1. The van der Waals surface area contributed by atoms with E-state index in [1.807, 2.05) is 41.9 Å². The van der Waals surface area contributed by atoms with E-state index in [2.05, 4.69) is 46.3 Å². The lowest BCUT2D eigenvalue weighted by molar-refractivity contribution is -0.113. The fraction of sp³-hybridized carbons (Fsp3) is 0.455. The van der Waals surface area contributed by atoms with Crippen LogP contribution in [0.3, 0.4) is 0 Å². The Morgan fingerprint density at radius 1 is 1.19 bits per heavy atom. The van der Waals surface area contributed by atoms with E-state index in [4.69, 9.17) is 11.6 Å². The highest BCUT2D eigenvalue weighted by Gasteiger charge is 2.24. The van der Waals surface area contributed by atoms with Crippen LogP contribution in [-0.2, 0) is 17.3 Å². The van der Waals surface area contributed by atoms with Gasteiger partial charge in [0.25, 0.3) is 0 Å². The van der Waals surface area contributed by atoms with E-state index in [0.29, 0.717) is 16.0 Å². The summed E-state index contributed by atoms with van der Waals surface area (Å²) in [5.74, 6) is 1.54. The van der Waals surface area contributed by atoms with E-state index >= 15 is 0 Å². The van der Waals surface area contributed by atoms with E-state index in [0.717, 1.165) is 43.3 Å². The fourth-order valence-corrected chi connectivity index (χ4v) is 4.51. The molecular formula is C22H28ClN7OS. The van der Waals surface area contributed by atoms with Crippen LogP contribution in [0.25, 0.3) is 5.69 Å². The van der Waals surface area contributed by atoms with Crippen LogP contribution < -0.4 is 10.2 Å². The first-order chi connectivity index (χ1) is 15.2. The fourth-order valence-electron chi connectivity index (χ4n) is 3.58. The SMILES string of the molecule is Cn1nc(C(C)(C)C)cc1NC(=O)CSc1nnc(N2CCCC2)n1-c1cccc(Cl)c1. The third-order valence-corrected chi connectivity index (χ3v) is 6.48. The van der Waals surface area contributed by atoms with Gasteiger partial charge in [-0.1, -0.05) is 50.2 Å². The highest BCUT2D eigenvalue weighted by Crippen LogP contribution is 2.30. The molecule has 1 aromatic carbocycles. The van der Waals surface area contributed by atoms with Crippen LogP contribution in [0.15, 0.2) is 35.5 Å². The molecule has 1 aliphatic heterocycles. The van der Waals surface area contributed by atoms with Crippen LogP contribution in [0, 0.1) is 0 Å². The second-order valence-corrected chi connectivity index (χ2v) is 10.3. The molecule has 0 aliphatic carbocycles. The minimum Gasteiger partial charge on any atom is -0.341 e. The van der Waals surface area contributed by atoms with Gasteiger partial charge in [0.2, 0.25) is 11.9 Å². The number of aryl methyl sites for hydroxylation is 1. The van der Waals surface area contributed by atoms with Crippen LogP contribution in [0.4, 0.5) is 11.8 Å². The maximum absolute atomic E-state index is 12.7. The number of amides is 1. The van der Waals surface area contributed by atoms with Crippen molar-refractivity contribution >= 4 is 41.0 Å². The van der Waals surface area contributed by atoms with E-state index in [-0.39, 0.29) is 17.1 Å². The lowest BCUT2D eigenvalue weighted by atomic mass is 9.92. The first kappa shape index (κ1) is 22.7. The van der Waals surface area contributed by atoms with Gasteiger partial charge in [0.15, 0.2) is 5.16 Å². The molecule has 1 fully saturated rings. The smallest absolute Gasteiger partial charge is 0.235 e. The average Bonchev–Trinajstić information content (AvgIpc) is 3.46. The molecule has 32 heavy (non-hydrogen) atoms. The van der Waals surface area contributed by atoms with E-state index in [1.54, 1.807) is 4.68 Å². The molecule has 0 atom stereocenters. The van der Waals surface area contributed by atoms with Gasteiger partial charge in [-0.15, -0.1) is 10.2 Å². The number of nitrogens with zero attached hydrogens (tertiary/aromatic N) is 6. The normalized spacial score (nSPS) is 14.2. The van der Waals surface area contributed by atoms with Crippen LogP contribution in [0.2, 0.25) is 5.02 Å². The van der Waals surface area contributed by atoms with Crippen molar-refractivity contribution in [1.82, 2.24) is 24.5 Å². The molecule has 3 heterocycles. The number of nitrogens with one attached hydrogen (secondary N) is 1. The summed E-state index contributed by atoms with van der Waals surface area (Å²) >= 11 is 7.60. The molecule has 0 spiro atoms. The minimum absolute atomic E-state index is 0.0885. The zero-order valence-corrected chi connectivity index (χ0v) is 20.4. The third kappa shape index (κ3) is 4.94. The Kier molecular flexibility index (Phi) is 6.48. The van der Waals surface area contributed by atoms with Crippen molar-refractivity contribution in [2.45, 2.75) is 44.2 Å². The molecule has 10 heteroatoms. The zero-order valence-electron chi connectivity index (χ0n) is 18.8. The van der Waals surface area contributed by atoms with Gasteiger partial charge in [-0.3, -0.25) is 14.0 Å². The van der Waals surface area contributed by atoms with Gasteiger partial charge < -0.3 is 10.2 Å². The zero-order chi connectivity index (χ0) is 22.9. The third-order valence-electron chi connectivity index (χ3n) is 5.32. The molecular weight excluding hydrogens is 446 g/mol. The molecule has 1 N–H and O–H groups in total. The summed E-state index contributed by atoms with van der Waals surface area (Å²) < 4.78 is 3.68. The first-order valence-corrected chi connectivity index (χ1v) is 12.0. The molecule has 1 aliphatic rings. The van der Waals surface area contributed by atoms with Crippen molar-refractivity contribution in [2.75, 3.05) is 29.1 Å². The number of aromatic nitrogens is 5. The number of hydrogen-bond acceptors (Lipinski definition) is 6. The molecule has 1 saturated heterocycles. The van der Waals surface area contributed by atoms with Gasteiger partial charge >= 0.3 is 0 Å². The largest absolute Gasteiger partial charge is 0.341 e. The number of benzene rings is 1. The Morgan fingerprint density at radius 3 is 2.59 bits per heavy atom. The maximum atomic E-state index is 12.7. The number of carbonyl (C=O) groups is 1. The molecule has 1 amide bonds. The molecule has 0 saturated carbocycles. The standard InChI is InChI=1S/C22H28ClN7OS/c1-22(2,3)17-13-18(28(4)27-17)24-19(31)14-32-21-26-25-20(29-10-5-6-11-29)30(21)16-9-7-8-15(23)12-16/h7-9,12-13H,5-6,10-11,14H2,1-4H3,(H,24,31). The Labute approximate surface area is 197 Å². The molecule has 8 nitrogen and oxygen atoms in total. The molecule has 0 radical (unpaired) electrons. The van der Waals surface area contributed by atoms with Gasteiger partial charge in [0.05, 0.1) is 17.1 Å². The van der Waals surface area contributed by atoms with Crippen LogP contribution in [-0.4, -0.2) is 49.3 Å². The van der Waals surface area contributed by atoms with Crippen molar-refractivity contribution in [3.05, 3.63) is 41.0 Å². The van der Waals surface area contributed by atoms with Gasteiger partial charge in [-0.25, -0.2) is 0 Å². The predicted octanol–water partition coefficient (Wildman–Crippen LogP) is 4.28. The Bertz CT molecular complexity index is 1110. The Morgan fingerprint density at radius 2 is 1.94 bits per heavy atom. The average molecular weight is 474 g/mol. The summed E-state index contributed by atoms with van der Waals surface area (Å²) in [6, 6.07) is 9.52. The van der Waals surface area contributed by atoms with Gasteiger partial charge in [0, 0.05) is 36.6 Å². The monoisotopic (exact) mass is 473 g/mol. The van der Waals surface area contributed by atoms with Crippen molar-refractivity contribution in [3.63, 3.8) is 0 Å². The van der Waals surface area contributed by atoms with E-state index < -0.39 is 0 Å². The van der Waals surface area contributed by atoms with E-state index in [9.17, 15) is 4.79 Å². The van der Waals surface area contributed by atoms with Crippen LogP contribution in [0.1, 0.15) is 39.3 Å². The van der Waals surface area contributed by atoms with Crippen LogP contribution >= 0.6 is 23.4 Å². The predicted molar refractivity (Wildman–Crippen MR) is 129 cm³/mol. The summed E-state index contributed by atoms with van der Waals surface area (Å²) in [6.07, 6.45) is 2.27. The molecule has 2 aromatic heterocycles. The summed E-state index contributed by atoms with van der Waals surface area (Å²) in [4.78, 5) is 14.9. The number of anilines is 2. The molecule has 170 valence electrons. The first-order valence-electron chi connectivity index (χ1n) is 10.7. The minimum atomic E-state index is -0.123. The second kappa shape index (κ2) is 9.15. The number of rotatable bonds is 6. The van der Waals surface area contributed by atoms with Crippen LogP contribution in [0.5, 0.6) is 0 Å². The summed E-state index contributed by atoms with van der Waals surface area (Å²) in [5, 5.41) is 17.6. The molecule has 4 rings (SSSR count). The number of halogens is 1. The summed E-state index contributed by atoms with van der Waals surface area (Å²) in [7, 11) is 1.83. The van der Waals surface area contributed by atoms with E-state index in [1.165, 1.54) is 11.8 Å². The highest BCUT2D eigenvalue weighted by atomic mass is 35.5. The second-order valence-electron chi connectivity index (χ2n) is 8.92. The van der Waals surface area contributed by atoms with Crippen molar-refractivity contribution in [1.29, 1.82) is 0 Å². The lowest BCUT2D eigenvalue weighted by Crippen LogP contribution is -2.22. The Hall–Kier alpha value is -2.52. The molecule has 0 unspecified atom stereocenters. The maximum Gasteiger partial charge on any atom is 0.235 e. The lowest BCUT2D eigenvalue weighted by Gasteiger charge is -2.18. The number of carbonyl (C=O) groups excluding carboxylic acids is 1. The quantitative estimate of drug-likeness (QED) is 0.538.